The van der Waals surface area contributed by atoms with E-state index in [1.807, 2.05) is 72.8 Å². The summed E-state index contributed by atoms with van der Waals surface area (Å²) in [6, 6.07) is 40.8. The Bertz CT molecular complexity index is 3880. The lowest BCUT2D eigenvalue weighted by Gasteiger charge is -2.37. The van der Waals surface area contributed by atoms with Crippen molar-refractivity contribution in [2.24, 2.45) is 5.73 Å². The topological polar surface area (TPSA) is 333 Å². The minimum absolute atomic E-state index is 0.0970. The largest absolute Gasteiger partial charge is 0.509 e. The standard InChI is InChI=1S/C75H89N7O21/c1-89-59-21-17-57(18-22-59)75(55-10-4-2-5-11-55,56-12-6-3-7-13-56)78-24-9-8-14-62(80-68(84)50-98-49-67(83)77-25-27-91-29-31-93-33-35-95-37-39-97-41-40-96-38-36-94-34-32-92-30-28-90-26-23-76)71(85)79-58-19-15-52(16-20-58)47-100-74(88)103-70-60-44-64-69-54(46-82(64)72(86)61(60)48-99-73(70)87)42-53-43-65-66(102-51-101-65)45-63(53)81-69/h2-7,10-13,15-22,42-45,62,70,78H,8-9,14,23-41,46-51,76H2,1H3,(H,77,83)(H,79,85)(H,80,84)/t62-,70-/m0/s1. The van der Waals surface area contributed by atoms with Crippen molar-refractivity contribution in [2.45, 2.75) is 56.7 Å². The number of rotatable bonds is 46. The first kappa shape index (κ1) is 76.2. The zero-order valence-corrected chi connectivity index (χ0v) is 57.7. The maximum atomic E-state index is 14.2. The minimum atomic E-state index is -1.60. The monoisotopic (exact) mass is 1420 g/mol. The number of hydrogen-bond donors (Lipinski definition) is 5. The van der Waals surface area contributed by atoms with E-state index in [0.717, 1.165) is 33.4 Å². The number of esters is 1. The van der Waals surface area contributed by atoms with Gasteiger partial charge in [-0.15, -0.1) is 0 Å². The summed E-state index contributed by atoms with van der Waals surface area (Å²) in [5.41, 5.74) is 10.8. The van der Waals surface area contributed by atoms with Crippen LogP contribution in [-0.4, -0.2) is 198 Å². The van der Waals surface area contributed by atoms with Crippen LogP contribution >= 0.6 is 0 Å². The Kier molecular flexibility index (Phi) is 29.9. The Labute approximate surface area is 596 Å². The smallest absolute Gasteiger partial charge is 0.497 e. The number of carbonyl (C=O) groups excluding carboxylic acids is 5. The van der Waals surface area contributed by atoms with E-state index in [4.69, 9.17) is 81.8 Å². The predicted molar refractivity (Wildman–Crippen MR) is 375 cm³/mol. The molecule has 7 aromatic rings. The van der Waals surface area contributed by atoms with Crippen molar-refractivity contribution >= 4 is 46.4 Å². The molecule has 5 heterocycles. The number of benzene rings is 5. The Morgan fingerprint density at radius 1 is 0.621 bits per heavy atom. The zero-order valence-electron chi connectivity index (χ0n) is 57.7. The van der Waals surface area contributed by atoms with Gasteiger partial charge in [-0.2, -0.15) is 0 Å². The third-order valence-electron chi connectivity index (χ3n) is 16.8. The number of hydrogen-bond acceptors (Lipinski definition) is 24. The average Bonchev–Trinajstić information content (AvgIpc) is 1.64. The number of fused-ring (bicyclic) bond motifs is 6. The number of unbranched alkanes of at least 4 members (excludes halogenated alkanes) is 1. The van der Waals surface area contributed by atoms with Gasteiger partial charge in [-0.3, -0.25) is 24.5 Å². The molecule has 0 bridgehead atoms. The Balaban J connectivity index is 0.660. The third kappa shape index (κ3) is 22.1. The van der Waals surface area contributed by atoms with E-state index >= 15 is 0 Å². The second kappa shape index (κ2) is 40.4. The van der Waals surface area contributed by atoms with Crippen LogP contribution in [0, 0.1) is 0 Å². The molecule has 0 radical (unpaired) electrons. The number of aromatic nitrogens is 2. The Morgan fingerprint density at radius 2 is 1.19 bits per heavy atom. The first-order valence-corrected chi connectivity index (χ1v) is 34.4. The van der Waals surface area contributed by atoms with Crippen LogP contribution in [0.2, 0.25) is 0 Å². The van der Waals surface area contributed by atoms with Crippen LogP contribution < -0.4 is 46.8 Å². The fourth-order valence-electron chi connectivity index (χ4n) is 11.8. The Morgan fingerprint density at radius 3 is 1.80 bits per heavy atom. The fourth-order valence-corrected chi connectivity index (χ4v) is 11.8. The van der Waals surface area contributed by atoms with Crippen LogP contribution in [0.15, 0.2) is 138 Å². The van der Waals surface area contributed by atoms with Gasteiger partial charge in [0.15, 0.2) is 11.5 Å². The normalized spacial score (nSPS) is 13.7. The number of methoxy groups -OCH3 is 1. The summed E-state index contributed by atoms with van der Waals surface area (Å²) >= 11 is 0. The molecule has 0 saturated carbocycles. The summed E-state index contributed by atoms with van der Waals surface area (Å²) in [7, 11) is 1.63. The first-order chi connectivity index (χ1) is 50.5. The summed E-state index contributed by atoms with van der Waals surface area (Å²) in [5.74, 6) is -0.618. The van der Waals surface area contributed by atoms with E-state index in [0.29, 0.717) is 165 Å². The van der Waals surface area contributed by atoms with E-state index in [9.17, 15) is 28.8 Å². The molecular formula is C75H89N7O21. The van der Waals surface area contributed by atoms with Crippen molar-refractivity contribution in [1.82, 2.24) is 25.5 Å². The molecule has 103 heavy (non-hydrogen) atoms. The summed E-state index contributed by atoms with van der Waals surface area (Å²) in [4.78, 5) is 85.8. The van der Waals surface area contributed by atoms with Crippen molar-refractivity contribution in [3.63, 3.8) is 0 Å². The molecule has 28 heteroatoms. The van der Waals surface area contributed by atoms with Gasteiger partial charge in [-0.1, -0.05) is 84.9 Å². The molecule has 550 valence electrons. The number of nitrogens with two attached hydrogens (primary N) is 1. The van der Waals surface area contributed by atoms with E-state index < -0.39 is 66.3 Å². The number of cyclic esters (lactones) is 1. The molecule has 2 atom stereocenters. The van der Waals surface area contributed by atoms with Crippen LogP contribution in [0.5, 0.6) is 17.2 Å². The molecule has 3 aliphatic rings. The molecule has 6 N–H and O–H groups in total. The number of carbonyl (C=O) groups is 5. The van der Waals surface area contributed by atoms with Crippen LogP contribution in [0.4, 0.5) is 10.5 Å². The number of nitrogens with one attached hydrogen (secondary N) is 4. The first-order valence-electron chi connectivity index (χ1n) is 34.4. The number of pyridine rings is 2. The van der Waals surface area contributed by atoms with E-state index in [-0.39, 0.29) is 57.3 Å². The molecule has 3 amide bonds. The summed E-state index contributed by atoms with van der Waals surface area (Å²) in [5, 5.41) is 13.1. The van der Waals surface area contributed by atoms with Gasteiger partial charge in [0.25, 0.3) is 5.56 Å². The van der Waals surface area contributed by atoms with Crippen molar-refractivity contribution < 1.29 is 95.0 Å². The van der Waals surface area contributed by atoms with Gasteiger partial charge < -0.3 is 97.3 Å². The average molecular weight is 1420 g/mol. The molecule has 0 aliphatic carbocycles. The van der Waals surface area contributed by atoms with E-state index in [2.05, 4.69) is 45.5 Å². The molecule has 0 unspecified atom stereocenters. The molecule has 0 saturated heterocycles. The lowest BCUT2D eigenvalue weighted by molar-refractivity contribution is -0.159. The SMILES string of the molecule is COc1ccc(C(NCCCC[C@H](NC(=O)COCC(=O)NCCOCCOCCOCCOCCOCCOCCOCCOCCN)C(=O)Nc2ccc(COC(=O)O[C@@H]3C(=O)OCc4c3cc3n(c4=O)Cc4cc5cc6c(cc5nc4-3)OCO6)cc2)(c2ccccc2)c2ccccc2)cc1. The molecule has 3 aliphatic heterocycles. The van der Waals surface area contributed by atoms with Crippen molar-refractivity contribution in [2.75, 3.05) is 158 Å². The number of amides is 3. The molecule has 0 fully saturated rings. The van der Waals surface area contributed by atoms with Crippen molar-refractivity contribution in [3.8, 4) is 28.6 Å². The maximum absolute atomic E-state index is 14.2. The van der Waals surface area contributed by atoms with Gasteiger partial charge in [0, 0.05) is 41.4 Å². The highest BCUT2D eigenvalue weighted by molar-refractivity contribution is 5.97. The number of nitrogens with zero attached hydrogens (tertiary/aromatic N) is 2. The molecule has 10 rings (SSSR count). The van der Waals surface area contributed by atoms with Crippen molar-refractivity contribution in [3.05, 3.63) is 183 Å². The highest BCUT2D eigenvalue weighted by Crippen LogP contribution is 2.41. The van der Waals surface area contributed by atoms with Gasteiger partial charge in [-0.25, -0.2) is 14.6 Å². The second-order valence-corrected chi connectivity index (χ2v) is 23.9. The highest BCUT2D eigenvalue weighted by Gasteiger charge is 2.39. The Hall–Kier alpha value is -9.43. The quantitative estimate of drug-likeness (QED) is 0.0166. The molecule has 2 aromatic heterocycles. The number of ether oxygens (including phenoxy) is 15. The lowest BCUT2D eigenvalue weighted by Crippen LogP contribution is -2.46. The predicted octanol–water partition coefficient (Wildman–Crippen LogP) is 6.01. The fraction of sp³-hybridized carbons (Fsp3) is 0.427. The van der Waals surface area contributed by atoms with E-state index in [1.165, 1.54) is 0 Å². The molecule has 5 aromatic carbocycles. The third-order valence-corrected chi connectivity index (χ3v) is 16.8. The molecule has 28 nitrogen and oxygen atoms in total. The summed E-state index contributed by atoms with van der Waals surface area (Å²) in [6.45, 7) is 6.72. The maximum Gasteiger partial charge on any atom is 0.509 e. The zero-order chi connectivity index (χ0) is 71.9. The van der Waals surface area contributed by atoms with Gasteiger partial charge in [-0.05, 0) is 90.5 Å². The van der Waals surface area contributed by atoms with Gasteiger partial charge in [0.1, 0.15) is 38.2 Å². The minimum Gasteiger partial charge on any atom is -0.497 e. The van der Waals surface area contributed by atoms with Crippen molar-refractivity contribution in [1.29, 1.82) is 0 Å². The van der Waals surface area contributed by atoms with Crippen LogP contribution in [-0.2, 0) is 101 Å². The molecular weight excluding hydrogens is 1330 g/mol. The summed E-state index contributed by atoms with van der Waals surface area (Å²) in [6.07, 6.45) is -1.50. The van der Waals surface area contributed by atoms with Crippen LogP contribution in [0.1, 0.15) is 64.3 Å². The molecule has 0 spiro atoms. The van der Waals surface area contributed by atoms with Crippen LogP contribution in [0.25, 0.3) is 22.3 Å². The van der Waals surface area contributed by atoms with Crippen LogP contribution in [0.3, 0.4) is 0 Å². The van der Waals surface area contributed by atoms with E-state index in [1.54, 1.807) is 48.1 Å². The second-order valence-electron chi connectivity index (χ2n) is 23.9. The summed E-state index contributed by atoms with van der Waals surface area (Å²) < 4.78 is 83.8. The van der Waals surface area contributed by atoms with Gasteiger partial charge in [0.05, 0.1) is 147 Å². The van der Waals surface area contributed by atoms with Gasteiger partial charge >= 0.3 is 12.1 Å². The van der Waals surface area contributed by atoms with Gasteiger partial charge in [0.2, 0.25) is 30.6 Å². The lowest BCUT2D eigenvalue weighted by atomic mass is 9.77. The highest BCUT2D eigenvalue weighted by atomic mass is 16.7. The number of anilines is 1.